The molecule has 1 spiro atoms. The average Bonchev–Trinajstić information content (AvgIpc) is 3.47. The molecule has 0 aromatic heterocycles. The molecule has 208 valence electrons. The van der Waals surface area contributed by atoms with Gasteiger partial charge in [0.05, 0.1) is 29.2 Å². The number of carbonyl (C=O) groups is 3. The molecule has 8 heteroatoms. The predicted octanol–water partition coefficient (Wildman–Crippen LogP) is 3.64. The van der Waals surface area contributed by atoms with E-state index in [1.165, 1.54) is 6.42 Å². The summed E-state index contributed by atoms with van der Waals surface area (Å²) in [7, 11) is 0. The average molecular weight is 542 g/mol. The molecule has 7 nitrogen and oxygen atoms in total. The Labute approximate surface area is 230 Å². The first-order chi connectivity index (χ1) is 18.2. The Kier molecular flexibility index (Phi) is 7.84. The molecule has 3 saturated heterocycles. The van der Waals surface area contributed by atoms with Crippen LogP contribution in [0.15, 0.2) is 30.3 Å². The number of nitrogens with one attached hydrogen (secondary N) is 2. The molecule has 2 unspecified atom stereocenters. The predicted molar refractivity (Wildman–Crippen MR) is 149 cm³/mol. The van der Waals surface area contributed by atoms with Crippen LogP contribution in [0, 0.1) is 17.8 Å². The van der Waals surface area contributed by atoms with Gasteiger partial charge in [-0.25, -0.2) is 0 Å². The van der Waals surface area contributed by atoms with Crippen LogP contribution in [0.5, 0.6) is 0 Å². The second-order valence-electron chi connectivity index (χ2n) is 12.5. The molecule has 5 rings (SSSR count). The van der Waals surface area contributed by atoms with E-state index in [0.717, 1.165) is 44.1 Å². The minimum atomic E-state index is -0.670. The highest BCUT2D eigenvalue weighted by Gasteiger charge is 2.77. The van der Waals surface area contributed by atoms with E-state index < -0.39 is 33.4 Å². The fourth-order valence-electron chi connectivity index (χ4n) is 7.70. The number of likely N-dealkylation sites (tertiary alicyclic amines) is 1. The monoisotopic (exact) mass is 541 g/mol. The van der Waals surface area contributed by atoms with Crippen LogP contribution in [0.3, 0.4) is 0 Å². The van der Waals surface area contributed by atoms with Gasteiger partial charge in [0.25, 0.3) is 0 Å². The van der Waals surface area contributed by atoms with E-state index in [1.54, 1.807) is 16.7 Å². The van der Waals surface area contributed by atoms with Crippen LogP contribution in [0.2, 0.25) is 0 Å². The summed E-state index contributed by atoms with van der Waals surface area (Å²) in [5.74, 6) is -1.16. The smallest absolute Gasteiger partial charge is 0.244 e. The third kappa shape index (κ3) is 4.76. The van der Waals surface area contributed by atoms with Gasteiger partial charge in [0.15, 0.2) is 0 Å². The molecule has 2 bridgehead atoms. The number of hydrogen-bond acceptors (Lipinski definition) is 5. The van der Waals surface area contributed by atoms with E-state index in [4.69, 9.17) is 0 Å². The second kappa shape index (κ2) is 10.8. The quantitative estimate of drug-likeness (QED) is 0.443. The van der Waals surface area contributed by atoms with Crippen molar-refractivity contribution in [3.63, 3.8) is 0 Å². The molecule has 1 saturated carbocycles. The van der Waals surface area contributed by atoms with Crippen molar-refractivity contribution in [1.82, 2.24) is 15.5 Å². The van der Waals surface area contributed by atoms with Gasteiger partial charge in [-0.1, -0.05) is 63.4 Å². The van der Waals surface area contributed by atoms with Gasteiger partial charge in [-0.05, 0) is 50.5 Å². The van der Waals surface area contributed by atoms with Crippen LogP contribution in [-0.4, -0.2) is 62.0 Å². The van der Waals surface area contributed by atoms with Gasteiger partial charge < -0.3 is 20.6 Å². The number of carbonyl (C=O) groups excluding carboxylic acids is 3. The molecule has 4 aliphatic rings. The zero-order chi connectivity index (χ0) is 27.1. The van der Waals surface area contributed by atoms with E-state index in [-0.39, 0.29) is 36.3 Å². The first-order valence-electron chi connectivity index (χ1n) is 14.5. The molecule has 1 aromatic rings. The third-order valence-corrected chi connectivity index (χ3v) is 11.3. The van der Waals surface area contributed by atoms with E-state index in [2.05, 4.69) is 31.4 Å². The van der Waals surface area contributed by atoms with Crippen molar-refractivity contribution in [2.24, 2.45) is 17.8 Å². The summed E-state index contributed by atoms with van der Waals surface area (Å²) in [6, 6.07) is 8.82. The minimum Gasteiger partial charge on any atom is -0.394 e. The molecule has 3 N–H and O–H groups in total. The van der Waals surface area contributed by atoms with Gasteiger partial charge in [0.2, 0.25) is 17.7 Å². The van der Waals surface area contributed by atoms with Crippen molar-refractivity contribution in [3.8, 4) is 0 Å². The van der Waals surface area contributed by atoms with Crippen molar-refractivity contribution in [2.45, 2.75) is 106 Å². The maximum absolute atomic E-state index is 14.3. The number of rotatable bonds is 9. The van der Waals surface area contributed by atoms with E-state index in [0.29, 0.717) is 13.0 Å². The number of aliphatic hydroxyl groups is 1. The Bertz CT molecular complexity index is 1050. The summed E-state index contributed by atoms with van der Waals surface area (Å²) in [6.45, 7) is 6.46. The first kappa shape index (κ1) is 27.5. The lowest BCUT2D eigenvalue weighted by Gasteiger charge is -2.38. The Morgan fingerprint density at radius 1 is 1.11 bits per heavy atom. The molecular weight excluding hydrogens is 498 g/mol. The van der Waals surface area contributed by atoms with Crippen molar-refractivity contribution < 1.29 is 19.5 Å². The summed E-state index contributed by atoms with van der Waals surface area (Å²) in [4.78, 5) is 43.9. The van der Waals surface area contributed by atoms with E-state index >= 15 is 0 Å². The summed E-state index contributed by atoms with van der Waals surface area (Å²) >= 11 is 1.70. The van der Waals surface area contributed by atoms with Crippen molar-refractivity contribution in [3.05, 3.63) is 35.9 Å². The topological polar surface area (TPSA) is 98.7 Å². The van der Waals surface area contributed by atoms with Gasteiger partial charge >= 0.3 is 0 Å². The number of amides is 3. The molecule has 38 heavy (non-hydrogen) atoms. The number of thioether (sulfide) groups is 1. The Hall–Kier alpha value is -2.06. The molecule has 3 aliphatic heterocycles. The van der Waals surface area contributed by atoms with Gasteiger partial charge in [0.1, 0.15) is 6.04 Å². The highest BCUT2D eigenvalue weighted by molar-refractivity contribution is 8.02. The summed E-state index contributed by atoms with van der Waals surface area (Å²) < 4.78 is -1.05. The first-order valence-corrected chi connectivity index (χ1v) is 15.3. The maximum atomic E-state index is 14.3. The van der Waals surface area contributed by atoms with Gasteiger partial charge in [-0.3, -0.25) is 14.4 Å². The molecule has 3 amide bonds. The van der Waals surface area contributed by atoms with Crippen molar-refractivity contribution in [2.75, 3.05) is 6.61 Å². The second-order valence-corrected chi connectivity index (χ2v) is 14.4. The molecular formula is C30H43N3O4S. The standard InChI is InChI=1S/C30H43N3O4S/c1-19(2)16-22(18-34)33-25(27(36)32-21-12-8-5-9-13-21)30-15-14-29(3,38-30)23(24(30)28(33)37)26(35)31-17-20-10-6-4-7-11-20/h4,6-7,10-11,19,21-25,34H,5,8-9,12-18H2,1-3H3,(H,31,35)(H,32,36)/t22-,23+,24+,25?,29-,30?/m1/s1. The van der Waals surface area contributed by atoms with Crippen molar-refractivity contribution in [1.29, 1.82) is 0 Å². The lowest BCUT2D eigenvalue weighted by Crippen LogP contribution is -2.58. The number of nitrogens with zero attached hydrogens (tertiary/aromatic N) is 1. The lowest BCUT2D eigenvalue weighted by molar-refractivity contribution is -0.143. The van der Waals surface area contributed by atoms with Gasteiger partial charge in [-0.15, -0.1) is 11.8 Å². The van der Waals surface area contributed by atoms with E-state index in [9.17, 15) is 19.5 Å². The molecule has 6 atom stereocenters. The van der Waals surface area contributed by atoms with Crippen LogP contribution in [0.25, 0.3) is 0 Å². The summed E-state index contributed by atoms with van der Waals surface area (Å²) in [5.41, 5.74) is 1.01. The van der Waals surface area contributed by atoms with Crippen LogP contribution in [-0.2, 0) is 20.9 Å². The molecule has 1 aliphatic carbocycles. The number of aliphatic hydroxyl groups excluding tert-OH is 1. The van der Waals surface area contributed by atoms with Gasteiger partial charge in [0, 0.05) is 17.3 Å². The summed E-state index contributed by atoms with van der Waals surface area (Å²) in [5, 5.41) is 16.8. The van der Waals surface area contributed by atoms with Crippen LogP contribution < -0.4 is 10.6 Å². The SMILES string of the molecule is CC(C)C[C@H](CO)N1C(=O)[C@@H]2[C@@H](C(=O)NCc3ccccc3)[C@@]3(C)CCC2(S3)C1C(=O)NC1CCCCC1. The van der Waals surface area contributed by atoms with E-state index in [1.807, 2.05) is 30.3 Å². The lowest BCUT2D eigenvalue weighted by atomic mass is 9.66. The Morgan fingerprint density at radius 3 is 2.47 bits per heavy atom. The highest BCUT2D eigenvalue weighted by atomic mass is 32.2. The van der Waals surface area contributed by atoms with Gasteiger partial charge in [-0.2, -0.15) is 0 Å². The highest BCUT2D eigenvalue weighted by Crippen LogP contribution is 2.71. The zero-order valence-corrected chi connectivity index (χ0v) is 23.8. The van der Waals surface area contributed by atoms with Crippen molar-refractivity contribution >= 4 is 29.5 Å². The number of hydrogen-bond donors (Lipinski definition) is 3. The zero-order valence-electron chi connectivity index (χ0n) is 22.9. The fourth-order valence-corrected chi connectivity index (χ4v) is 10.0. The van der Waals surface area contributed by atoms with Crippen LogP contribution in [0.1, 0.15) is 77.7 Å². The fraction of sp³-hybridized carbons (Fsp3) is 0.700. The third-order valence-electron chi connectivity index (χ3n) is 9.35. The molecule has 4 fully saturated rings. The molecule has 1 aromatic carbocycles. The number of benzene rings is 1. The summed E-state index contributed by atoms with van der Waals surface area (Å²) in [6.07, 6.45) is 7.48. The molecule has 3 heterocycles. The Balaban J connectivity index is 1.47. The normalized spacial score (nSPS) is 33.4. The Morgan fingerprint density at radius 2 is 1.82 bits per heavy atom. The molecule has 0 radical (unpaired) electrons. The maximum Gasteiger partial charge on any atom is 0.244 e. The minimum absolute atomic E-state index is 0.1000. The van der Waals surface area contributed by atoms with Crippen LogP contribution in [0.4, 0.5) is 0 Å². The van der Waals surface area contributed by atoms with Crippen LogP contribution >= 0.6 is 11.8 Å². The number of fused-ring (bicyclic) bond motifs is 1. The largest absolute Gasteiger partial charge is 0.394 e.